The number of amides is 2. The van der Waals surface area contributed by atoms with Crippen molar-refractivity contribution < 1.29 is 32.6 Å². The molecule has 0 spiro atoms. The van der Waals surface area contributed by atoms with Crippen LogP contribution in [0.2, 0.25) is 0 Å². The first-order valence-electron chi connectivity index (χ1n) is 10.8. The van der Waals surface area contributed by atoms with Crippen LogP contribution in [0.1, 0.15) is 21.5 Å². The van der Waals surface area contributed by atoms with Crippen LogP contribution in [0.15, 0.2) is 60.7 Å². The number of rotatable bonds is 8. The number of hydrogen-bond acceptors (Lipinski definition) is 5. The number of anilines is 1. The lowest BCUT2D eigenvalue weighted by Gasteiger charge is -2.29. The molecule has 7 nitrogen and oxygen atoms in total. The molecule has 1 N–H and O–H groups in total. The zero-order chi connectivity index (χ0) is 24.9. The summed E-state index contributed by atoms with van der Waals surface area (Å²) < 4.78 is 37.7. The van der Waals surface area contributed by atoms with Gasteiger partial charge in [0.2, 0.25) is 5.91 Å². The Bertz CT molecular complexity index is 1280. The van der Waals surface area contributed by atoms with Crippen molar-refractivity contribution in [1.29, 1.82) is 0 Å². The number of nitrogens with one attached hydrogen (secondary N) is 1. The minimum atomic E-state index is -0.578. The van der Waals surface area contributed by atoms with Crippen molar-refractivity contribution in [2.75, 3.05) is 24.7 Å². The van der Waals surface area contributed by atoms with E-state index >= 15 is 0 Å². The van der Waals surface area contributed by atoms with Crippen LogP contribution in [-0.4, -0.2) is 37.4 Å². The molecule has 180 valence electrons. The molecule has 35 heavy (non-hydrogen) atoms. The van der Waals surface area contributed by atoms with Gasteiger partial charge in [0, 0.05) is 12.1 Å². The lowest BCUT2D eigenvalue weighted by atomic mass is 10.1. The molecule has 0 fully saturated rings. The minimum absolute atomic E-state index is 0.0331. The van der Waals surface area contributed by atoms with E-state index in [4.69, 9.17) is 9.47 Å². The molecule has 2 amide bonds. The summed E-state index contributed by atoms with van der Waals surface area (Å²) in [7, 11) is 0. The highest BCUT2D eigenvalue weighted by Crippen LogP contribution is 2.33. The Kier molecular flexibility index (Phi) is 7.05. The summed E-state index contributed by atoms with van der Waals surface area (Å²) in [4.78, 5) is 38.9. The van der Waals surface area contributed by atoms with Gasteiger partial charge in [-0.25, -0.2) is 8.78 Å². The number of ketones is 1. The average molecular weight is 480 g/mol. The fourth-order valence-electron chi connectivity index (χ4n) is 3.50. The maximum Gasteiger partial charge on any atom is 0.265 e. The molecule has 0 aliphatic carbocycles. The molecule has 0 aromatic heterocycles. The molecule has 1 aliphatic heterocycles. The fraction of sp³-hybridized carbons (Fsp3) is 0.192. The molecule has 0 saturated heterocycles. The molecule has 0 unspecified atom stereocenters. The summed E-state index contributed by atoms with van der Waals surface area (Å²) >= 11 is 0. The number of ether oxygens (including phenoxy) is 2. The number of hydrogen-bond donors (Lipinski definition) is 1. The highest BCUT2D eigenvalue weighted by molar-refractivity contribution is 6.04. The van der Waals surface area contributed by atoms with E-state index in [-0.39, 0.29) is 42.5 Å². The largest absolute Gasteiger partial charge is 0.482 e. The van der Waals surface area contributed by atoms with Gasteiger partial charge in [0.25, 0.3) is 5.91 Å². The number of fused-ring (bicyclic) bond motifs is 1. The van der Waals surface area contributed by atoms with Gasteiger partial charge in [0.15, 0.2) is 30.6 Å². The summed E-state index contributed by atoms with van der Waals surface area (Å²) in [6, 6.07) is 14.5. The summed E-state index contributed by atoms with van der Waals surface area (Å²) in [6.07, 6.45) is 0. The third kappa shape index (κ3) is 5.81. The Labute approximate surface area is 200 Å². The van der Waals surface area contributed by atoms with Crippen LogP contribution in [0.4, 0.5) is 14.5 Å². The van der Waals surface area contributed by atoms with Crippen LogP contribution in [0, 0.1) is 18.6 Å². The third-order valence-corrected chi connectivity index (χ3v) is 5.37. The molecule has 0 atom stereocenters. The number of Topliss-reactive ketones (excluding diaryl/α,β-unsaturated/α-hetero) is 1. The maximum absolute atomic E-state index is 13.9. The number of nitrogens with zero attached hydrogens (tertiary/aromatic N) is 1. The van der Waals surface area contributed by atoms with Gasteiger partial charge in [-0.15, -0.1) is 0 Å². The van der Waals surface area contributed by atoms with E-state index in [0.717, 1.165) is 5.56 Å². The Morgan fingerprint density at radius 1 is 1.06 bits per heavy atom. The van der Waals surface area contributed by atoms with E-state index < -0.39 is 30.0 Å². The van der Waals surface area contributed by atoms with Crippen molar-refractivity contribution in [2.24, 2.45) is 0 Å². The first kappa shape index (κ1) is 23.9. The highest BCUT2D eigenvalue weighted by Gasteiger charge is 2.28. The van der Waals surface area contributed by atoms with E-state index in [1.165, 1.54) is 47.4 Å². The van der Waals surface area contributed by atoms with E-state index in [1.807, 2.05) is 0 Å². The van der Waals surface area contributed by atoms with Gasteiger partial charge in [-0.2, -0.15) is 0 Å². The third-order valence-electron chi connectivity index (χ3n) is 5.37. The molecule has 3 aromatic carbocycles. The average Bonchev–Trinajstić information content (AvgIpc) is 2.85. The second-order valence-electron chi connectivity index (χ2n) is 8.00. The molecular formula is C26H22F2N2O5. The Morgan fingerprint density at radius 3 is 2.60 bits per heavy atom. The number of aryl methyl sites for hydroxylation is 1. The van der Waals surface area contributed by atoms with E-state index in [2.05, 4.69) is 5.32 Å². The van der Waals surface area contributed by atoms with Crippen molar-refractivity contribution in [1.82, 2.24) is 5.32 Å². The highest BCUT2D eigenvalue weighted by atomic mass is 19.1. The number of benzene rings is 3. The topological polar surface area (TPSA) is 84.9 Å². The van der Waals surface area contributed by atoms with Crippen LogP contribution < -0.4 is 19.7 Å². The predicted octanol–water partition coefficient (Wildman–Crippen LogP) is 3.58. The van der Waals surface area contributed by atoms with E-state index in [0.29, 0.717) is 11.3 Å². The molecule has 9 heteroatoms. The van der Waals surface area contributed by atoms with Crippen LogP contribution in [0.5, 0.6) is 11.5 Å². The zero-order valence-corrected chi connectivity index (χ0v) is 18.8. The van der Waals surface area contributed by atoms with Gasteiger partial charge in [-0.1, -0.05) is 18.2 Å². The summed E-state index contributed by atoms with van der Waals surface area (Å²) in [5, 5.41) is 2.68. The van der Waals surface area contributed by atoms with Crippen molar-refractivity contribution in [3.8, 4) is 11.5 Å². The molecule has 1 heterocycles. The first-order chi connectivity index (χ1) is 16.8. The van der Waals surface area contributed by atoms with E-state index in [1.54, 1.807) is 25.1 Å². The molecular weight excluding hydrogens is 458 g/mol. The van der Waals surface area contributed by atoms with Crippen molar-refractivity contribution in [3.63, 3.8) is 0 Å². The molecule has 0 radical (unpaired) electrons. The van der Waals surface area contributed by atoms with Gasteiger partial charge in [0.1, 0.15) is 18.1 Å². The van der Waals surface area contributed by atoms with Crippen molar-refractivity contribution >= 4 is 23.3 Å². The van der Waals surface area contributed by atoms with Crippen LogP contribution >= 0.6 is 0 Å². The van der Waals surface area contributed by atoms with Gasteiger partial charge < -0.3 is 14.8 Å². The SMILES string of the molecule is Cc1ccc(F)c(OCC(=O)c2ccc3c(c2)N(CC(=O)NCc2ccc(F)cc2)C(=O)CO3)c1. The molecule has 3 aromatic rings. The fourth-order valence-corrected chi connectivity index (χ4v) is 3.50. The second-order valence-corrected chi connectivity index (χ2v) is 8.00. The quantitative estimate of drug-likeness (QED) is 0.499. The lowest BCUT2D eigenvalue weighted by molar-refractivity contribution is -0.125. The van der Waals surface area contributed by atoms with Crippen LogP contribution in [0.3, 0.4) is 0 Å². The summed E-state index contributed by atoms with van der Waals surface area (Å²) in [5.74, 6) is -1.97. The Hall–Kier alpha value is -4.27. The second kappa shape index (κ2) is 10.3. The van der Waals surface area contributed by atoms with Gasteiger partial charge >= 0.3 is 0 Å². The van der Waals surface area contributed by atoms with Crippen molar-refractivity contribution in [3.05, 3.63) is 89.0 Å². The van der Waals surface area contributed by atoms with Crippen LogP contribution in [0.25, 0.3) is 0 Å². The number of carbonyl (C=O) groups excluding carboxylic acids is 3. The number of halogens is 2. The van der Waals surface area contributed by atoms with Crippen molar-refractivity contribution in [2.45, 2.75) is 13.5 Å². The Morgan fingerprint density at radius 2 is 1.83 bits per heavy atom. The maximum atomic E-state index is 13.9. The van der Waals surface area contributed by atoms with Crippen LogP contribution in [-0.2, 0) is 16.1 Å². The van der Waals surface area contributed by atoms with Gasteiger partial charge in [0.05, 0.1) is 5.69 Å². The smallest absolute Gasteiger partial charge is 0.265 e. The standard InChI is InChI=1S/C26H22F2N2O5/c1-16-2-8-20(28)24(10-16)34-14-22(31)18-5-9-23-21(11-18)30(26(33)15-35-23)13-25(32)29-12-17-3-6-19(27)7-4-17/h2-11H,12-15H2,1H3,(H,29,32). The minimum Gasteiger partial charge on any atom is -0.482 e. The molecule has 0 bridgehead atoms. The molecule has 4 rings (SSSR count). The van der Waals surface area contributed by atoms with Gasteiger partial charge in [-0.05, 0) is 60.5 Å². The normalized spacial score (nSPS) is 12.5. The van der Waals surface area contributed by atoms with Gasteiger partial charge in [-0.3, -0.25) is 19.3 Å². The predicted molar refractivity (Wildman–Crippen MR) is 123 cm³/mol. The van der Waals surface area contributed by atoms with E-state index in [9.17, 15) is 23.2 Å². The zero-order valence-electron chi connectivity index (χ0n) is 18.8. The Balaban J connectivity index is 1.44. The first-order valence-corrected chi connectivity index (χ1v) is 10.8. The number of carbonyl (C=O) groups is 3. The summed E-state index contributed by atoms with van der Waals surface area (Å²) in [5.41, 5.74) is 1.97. The molecule has 0 saturated carbocycles. The lowest BCUT2D eigenvalue weighted by Crippen LogP contribution is -2.45. The molecule has 1 aliphatic rings. The monoisotopic (exact) mass is 480 g/mol. The summed E-state index contributed by atoms with van der Waals surface area (Å²) in [6.45, 7) is 0.987.